The van der Waals surface area contributed by atoms with Gasteiger partial charge in [-0.1, -0.05) is 34.6 Å². The lowest BCUT2D eigenvalue weighted by Crippen LogP contribution is -2.15. The first-order valence-electron chi connectivity index (χ1n) is 7.85. The van der Waals surface area contributed by atoms with Crippen LogP contribution in [0, 0.1) is 5.92 Å². The molecule has 0 aliphatic rings. The SMILES string of the molecule is CC(C)COc1ccc(NCc2cn[nH]c2C(C)(C)C)cc1. The van der Waals surface area contributed by atoms with E-state index in [1.54, 1.807) is 0 Å². The Morgan fingerprint density at radius 3 is 2.45 bits per heavy atom. The van der Waals surface area contributed by atoms with Gasteiger partial charge in [-0.3, -0.25) is 5.10 Å². The molecule has 0 amide bonds. The van der Waals surface area contributed by atoms with Crippen LogP contribution in [0.25, 0.3) is 0 Å². The lowest BCUT2D eigenvalue weighted by Gasteiger charge is -2.18. The van der Waals surface area contributed by atoms with Crippen LogP contribution in [0.2, 0.25) is 0 Å². The molecule has 2 N–H and O–H groups in total. The van der Waals surface area contributed by atoms with Crippen LogP contribution in [0.5, 0.6) is 5.75 Å². The number of nitrogens with zero attached hydrogens (tertiary/aromatic N) is 1. The van der Waals surface area contributed by atoms with Crippen molar-refractivity contribution in [3.8, 4) is 5.75 Å². The summed E-state index contributed by atoms with van der Waals surface area (Å²) in [6.45, 7) is 12.4. The predicted molar refractivity (Wildman–Crippen MR) is 91.4 cm³/mol. The predicted octanol–water partition coefficient (Wildman–Crippen LogP) is 4.35. The standard InChI is InChI=1S/C18H27N3O/c1-13(2)12-22-16-8-6-15(7-9-16)19-10-14-11-20-21-17(14)18(3,4)5/h6-9,11,13,19H,10,12H2,1-5H3,(H,20,21). The number of hydrogen-bond acceptors (Lipinski definition) is 3. The fourth-order valence-corrected chi connectivity index (χ4v) is 2.22. The summed E-state index contributed by atoms with van der Waals surface area (Å²) in [5.74, 6) is 1.45. The van der Waals surface area contributed by atoms with E-state index in [-0.39, 0.29) is 5.41 Å². The average Bonchev–Trinajstić information content (AvgIpc) is 2.92. The Morgan fingerprint density at radius 2 is 1.86 bits per heavy atom. The smallest absolute Gasteiger partial charge is 0.119 e. The lowest BCUT2D eigenvalue weighted by atomic mass is 9.89. The topological polar surface area (TPSA) is 49.9 Å². The summed E-state index contributed by atoms with van der Waals surface area (Å²) in [6, 6.07) is 8.11. The molecule has 1 aromatic carbocycles. The van der Waals surface area contributed by atoms with Crippen LogP contribution < -0.4 is 10.1 Å². The van der Waals surface area contributed by atoms with E-state index >= 15 is 0 Å². The van der Waals surface area contributed by atoms with Gasteiger partial charge in [0.15, 0.2) is 0 Å². The van der Waals surface area contributed by atoms with Crippen LogP contribution in [-0.2, 0) is 12.0 Å². The number of nitrogens with one attached hydrogen (secondary N) is 2. The highest BCUT2D eigenvalue weighted by Gasteiger charge is 2.19. The molecule has 22 heavy (non-hydrogen) atoms. The summed E-state index contributed by atoms with van der Waals surface area (Å²) >= 11 is 0. The van der Waals surface area contributed by atoms with E-state index in [0.29, 0.717) is 5.92 Å². The number of anilines is 1. The molecule has 1 heterocycles. The second-order valence-electron chi connectivity index (χ2n) is 7.10. The maximum atomic E-state index is 5.69. The van der Waals surface area contributed by atoms with Crippen LogP contribution in [0.3, 0.4) is 0 Å². The summed E-state index contributed by atoms with van der Waals surface area (Å²) in [6.07, 6.45) is 1.90. The minimum absolute atomic E-state index is 0.0715. The Kier molecular flexibility index (Phi) is 5.11. The van der Waals surface area contributed by atoms with Crippen molar-refractivity contribution in [3.05, 3.63) is 41.7 Å². The van der Waals surface area contributed by atoms with Gasteiger partial charge in [-0.25, -0.2) is 0 Å². The summed E-state index contributed by atoms with van der Waals surface area (Å²) in [5.41, 5.74) is 3.53. The average molecular weight is 301 g/mol. The van der Waals surface area contributed by atoms with Crippen LogP contribution in [-0.4, -0.2) is 16.8 Å². The molecule has 120 valence electrons. The first-order chi connectivity index (χ1) is 10.4. The first-order valence-corrected chi connectivity index (χ1v) is 7.85. The molecule has 4 heteroatoms. The molecule has 0 bridgehead atoms. The highest BCUT2D eigenvalue weighted by atomic mass is 16.5. The number of ether oxygens (including phenoxy) is 1. The van der Waals surface area contributed by atoms with Gasteiger partial charge in [0.2, 0.25) is 0 Å². The van der Waals surface area contributed by atoms with Crippen molar-refractivity contribution in [2.75, 3.05) is 11.9 Å². The molecule has 0 aliphatic heterocycles. The van der Waals surface area contributed by atoms with Crippen molar-refractivity contribution in [2.24, 2.45) is 5.92 Å². The number of benzene rings is 1. The quantitative estimate of drug-likeness (QED) is 0.833. The number of rotatable bonds is 6. The summed E-state index contributed by atoms with van der Waals surface area (Å²) in [4.78, 5) is 0. The van der Waals surface area contributed by atoms with Gasteiger partial charge in [-0.2, -0.15) is 5.10 Å². The maximum absolute atomic E-state index is 5.69. The monoisotopic (exact) mass is 301 g/mol. The van der Waals surface area contributed by atoms with Crippen LogP contribution in [0.4, 0.5) is 5.69 Å². The van der Waals surface area contributed by atoms with Crippen LogP contribution >= 0.6 is 0 Å². The fourth-order valence-electron chi connectivity index (χ4n) is 2.22. The van der Waals surface area contributed by atoms with Gasteiger partial charge in [0, 0.05) is 28.9 Å². The Hall–Kier alpha value is -1.97. The molecule has 0 saturated carbocycles. The van der Waals surface area contributed by atoms with Gasteiger partial charge in [0.25, 0.3) is 0 Å². The zero-order valence-corrected chi connectivity index (χ0v) is 14.2. The Balaban J connectivity index is 1.94. The first kappa shape index (κ1) is 16.4. The van der Waals surface area contributed by atoms with Gasteiger partial charge in [0.05, 0.1) is 12.8 Å². The van der Waals surface area contributed by atoms with Gasteiger partial charge < -0.3 is 10.1 Å². The van der Waals surface area contributed by atoms with Crippen LogP contribution in [0.15, 0.2) is 30.5 Å². The molecule has 0 saturated heterocycles. The van der Waals surface area contributed by atoms with Crippen molar-refractivity contribution in [1.29, 1.82) is 0 Å². The Labute approximate surface area is 133 Å². The summed E-state index contributed by atoms with van der Waals surface area (Å²) in [7, 11) is 0. The van der Waals surface area contributed by atoms with E-state index in [0.717, 1.165) is 24.6 Å². The zero-order chi connectivity index (χ0) is 16.2. The molecule has 0 aliphatic carbocycles. The van der Waals surface area contributed by atoms with Gasteiger partial charge in [-0.05, 0) is 30.2 Å². The summed E-state index contributed by atoms with van der Waals surface area (Å²) in [5, 5.41) is 10.7. The van der Waals surface area contributed by atoms with Crippen molar-refractivity contribution in [3.63, 3.8) is 0 Å². The van der Waals surface area contributed by atoms with Crippen molar-refractivity contribution >= 4 is 5.69 Å². The number of aromatic nitrogens is 2. The Morgan fingerprint density at radius 1 is 1.18 bits per heavy atom. The fraction of sp³-hybridized carbons (Fsp3) is 0.500. The van der Waals surface area contributed by atoms with Gasteiger partial charge in [0.1, 0.15) is 5.75 Å². The molecule has 2 aromatic rings. The van der Waals surface area contributed by atoms with E-state index in [4.69, 9.17) is 4.74 Å². The van der Waals surface area contributed by atoms with E-state index < -0.39 is 0 Å². The number of H-pyrrole nitrogens is 1. The molecule has 0 atom stereocenters. The molecular formula is C18H27N3O. The molecule has 0 radical (unpaired) electrons. The second kappa shape index (κ2) is 6.86. The molecule has 2 rings (SSSR count). The molecule has 0 fully saturated rings. The van der Waals surface area contributed by atoms with E-state index in [2.05, 4.69) is 50.1 Å². The van der Waals surface area contributed by atoms with Gasteiger partial charge >= 0.3 is 0 Å². The normalized spacial score (nSPS) is 11.7. The third-order valence-electron chi connectivity index (χ3n) is 3.39. The molecular weight excluding hydrogens is 274 g/mol. The molecule has 4 nitrogen and oxygen atoms in total. The van der Waals surface area contributed by atoms with Crippen molar-refractivity contribution in [1.82, 2.24) is 10.2 Å². The summed E-state index contributed by atoms with van der Waals surface area (Å²) < 4.78 is 5.69. The van der Waals surface area contributed by atoms with Crippen molar-refractivity contribution in [2.45, 2.75) is 46.6 Å². The zero-order valence-electron chi connectivity index (χ0n) is 14.2. The lowest BCUT2D eigenvalue weighted by molar-refractivity contribution is 0.271. The molecule has 0 unspecified atom stereocenters. The maximum Gasteiger partial charge on any atom is 0.119 e. The largest absolute Gasteiger partial charge is 0.493 e. The molecule has 0 spiro atoms. The number of hydrogen-bond donors (Lipinski definition) is 2. The van der Waals surface area contributed by atoms with Gasteiger partial charge in [-0.15, -0.1) is 0 Å². The van der Waals surface area contributed by atoms with Crippen molar-refractivity contribution < 1.29 is 4.74 Å². The van der Waals surface area contributed by atoms with E-state index in [1.165, 1.54) is 11.3 Å². The van der Waals surface area contributed by atoms with E-state index in [9.17, 15) is 0 Å². The highest BCUT2D eigenvalue weighted by molar-refractivity contribution is 5.47. The third kappa shape index (κ3) is 4.52. The highest BCUT2D eigenvalue weighted by Crippen LogP contribution is 2.24. The van der Waals surface area contributed by atoms with E-state index in [1.807, 2.05) is 30.5 Å². The molecule has 1 aromatic heterocycles. The number of aromatic amines is 1. The minimum atomic E-state index is 0.0715. The minimum Gasteiger partial charge on any atom is -0.493 e. The Bertz CT molecular complexity index is 579. The second-order valence-corrected chi connectivity index (χ2v) is 7.10. The van der Waals surface area contributed by atoms with Crippen LogP contribution in [0.1, 0.15) is 45.9 Å². The third-order valence-corrected chi connectivity index (χ3v) is 3.39.